The number of nitrogens with one attached hydrogen (secondary N) is 1. The molecule has 0 spiro atoms. The number of aryl methyl sites for hydroxylation is 1. The van der Waals surface area contributed by atoms with Crippen LogP contribution in [-0.4, -0.2) is 18.5 Å². The number of rotatable bonds is 4. The summed E-state index contributed by atoms with van der Waals surface area (Å²) in [4.78, 5) is 23.6. The second-order valence-corrected chi connectivity index (χ2v) is 5.38. The summed E-state index contributed by atoms with van der Waals surface area (Å²) >= 11 is 11.7. The first kappa shape index (κ1) is 16.3. The lowest BCUT2D eigenvalue weighted by Gasteiger charge is -2.08. The molecule has 1 N–H and O–H groups in total. The van der Waals surface area contributed by atoms with Crippen LogP contribution in [0.5, 0.6) is 0 Å². The van der Waals surface area contributed by atoms with E-state index in [4.69, 9.17) is 27.9 Å². The average molecular weight is 338 g/mol. The van der Waals surface area contributed by atoms with Crippen LogP contribution < -0.4 is 5.32 Å². The van der Waals surface area contributed by atoms with Gasteiger partial charge in [-0.3, -0.25) is 4.79 Å². The van der Waals surface area contributed by atoms with Crippen molar-refractivity contribution < 1.29 is 14.3 Å². The summed E-state index contributed by atoms with van der Waals surface area (Å²) in [6.45, 7) is 1.51. The third kappa shape index (κ3) is 4.23. The van der Waals surface area contributed by atoms with Crippen LogP contribution in [0.4, 0.5) is 5.69 Å². The van der Waals surface area contributed by atoms with Crippen LogP contribution in [0, 0.1) is 6.92 Å². The van der Waals surface area contributed by atoms with Gasteiger partial charge in [0.05, 0.1) is 15.6 Å². The Morgan fingerprint density at radius 1 is 1.14 bits per heavy atom. The summed E-state index contributed by atoms with van der Waals surface area (Å²) in [7, 11) is 0. The lowest BCUT2D eigenvalue weighted by molar-refractivity contribution is -0.119. The second kappa shape index (κ2) is 7.29. The predicted molar refractivity (Wildman–Crippen MR) is 86.6 cm³/mol. The normalized spacial score (nSPS) is 10.1. The van der Waals surface area contributed by atoms with Gasteiger partial charge in [-0.2, -0.15) is 0 Å². The zero-order chi connectivity index (χ0) is 16.1. The summed E-state index contributed by atoms with van der Waals surface area (Å²) in [5.74, 6) is -1.14. The summed E-state index contributed by atoms with van der Waals surface area (Å²) in [5, 5.41) is 3.00. The predicted octanol–water partition coefficient (Wildman–Crippen LogP) is 4.10. The van der Waals surface area contributed by atoms with Gasteiger partial charge in [0.2, 0.25) is 0 Å². The van der Waals surface area contributed by atoms with Crippen LogP contribution in [0.15, 0.2) is 42.5 Å². The van der Waals surface area contributed by atoms with Gasteiger partial charge >= 0.3 is 5.97 Å². The number of amides is 1. The number of hydrogen-bond acceptors (Lipinski definition) is 3. The first-order valence-corrected chi connectivity index (χ1v) is 7.20. The van der Waals surface area contributed by atoms with E-state index in [1.165, 1.54) is 6.07 Å². The molecule has 0 fully saturated rings. The van der Waals surface area contributed by atoms with Gasteiger partial charge < -0.3 is 10.1 Å². The molecule has 0 aliphatic heterocycles. The summed E-state index contributed by atoms with van der Waals surface area (Å²) in [5.41, 5.74) is 1.78. The number of esters is 1. The molecule has 2 aromatic rings. The van der Waals surface area contributed by atoms with E-state index in [-0.39, 0.29) is 15.6 Å². The summed E-state index contributed by atoms with van der Waals surface area (Å²) in [6.07, 6.45) is 0. The van der Waals surface area contributed by atoms with Crippen molar-refractivity contribution in [3.8, 4) is 0 Å². The minimum absolute atomic E-state index is 0.105. The van der Waals surface area contributed by atoms with Gasteiger partial charge in [0.25, 0.3) is 5.91 Å². The fourth-order valence-corrected chi connectivity index (χ4v) is 2.17. The molecule has 0 radical (unpaired) electrons. The molecule has 22 heavy (non-hydrogen) atoms. The molecule has 0 saturated carbocycles. The van der Waals surface area contributed by atoms with Gasteiger partial charge in [0, 0.05) is 5.69 Å². The Kier molecular flexibility index (Phi) is 5.41. The van der Waals surface area contributed by atoms with Gasteiger partial charge in [-0.1, -0.05) is 41.4 Å². The standard InChI is InChI=1S/C16H13Cl2NO3/c1-10-4-2-5-11(8-10)19-14(20)9-22-16(21)12-6-3-7-13(17)15(12)18/h2-8H,9H2,1H3,(H,19,20). The van der Waals surface area contributed by atoms with Gasteiger partial charge in [-0.05, 0) is 36.8 Å². The fourth-order valence-electron chi connectivity index (χ4n) is 1.79. The van der Waals surface area contributed by atoms with Crippen LogP contribution >= 0.6 is 23.2 Å². The second-order valence-electron chi connectivity index (χ2n) is 4.60. The molecular weight excluding hydrogens is 325 g/mol. The Bertz CT molecular complexity index is 716. The van der Waals surface area contributed by atoms with Crippen LogP contribution in [0.3, 0.4) is 0 Å². The molecule has 0 aromatic heterocycles. The maximum Gasteiger partial charge on any atom is 0.340 e. The van der Waals surface area contributed by atoms with E-state index in [1.54, 1.807) is 18.2 Å². The number of hydrogen-bond donors (Lipinski definition) is 1. The van der Waals surface area contributed by atoms with Gasteiger partial charge in [0.15, 0.2) is 6.61 Å². The van der Waals surface area contributed by atoms with Crippen molar-refractivity contribution in [2.24, 2.45) is 0 Å². The third-order valence-corrected chi connectivity index (χ3v) is 3.63. The molecule has 0 aliphatic carbocycles. The van der Waals surface area contributed by atoms with Crippen LogP contribution in [0.1, 0.15) is 15.9 Å². The Morgan fingerprint density at radius 2 is 1.86 bits per heavy atom. The Labute approximate surface area is 138 Å². The Balaban J connectivity index is 1.93. The largest absolute Gasteiger partial charge is 0.452 e. The SMILES string of the molecule is Cc1cccc(NC(=O)COC(=O)c2cccc(Cl)c2Cl)c1. The number of halogens is 2. The third-order valence-electron chi connectivity index (χ3n) is 2.81. The zero-order valence-corrected chi connectivity index (χ0v) is 13.2. The molecule has 0 heterocycles. The quantitative estimate of drug-likeness (QED) is 0.854. The molecule has 0 saturated heterocycles. The smallest absolute Gasteiger partial charge is 0.340 e. The summed E-state index contributed by atoms with van der Waals surface area (Å²) in [6, 6.07) is 11.9. The van der Waals surface area contributed by atoms with E-state index in [0.717, 1.165) is 5.56 Å². The Hall–Kier alpha value is -2.04. The van der Waals surface area contributed by atoms with Crippen molar-refractivity contribution in [1.82, 2.24) is 0 Å². The van der Waals surface area contributed by atoms with E-state index >= 15 is 0 Å². The van der Waals surface area contributed by atoms with Crippen molar-refractivity contribution in [3.05, 3.63) is 63.6 Å². The number of benzene rings is 2. The monoisotopic (exact) mass is 337 g/mol. The van der Waals surface area contributed by atoms with Crippen LogP contribution in [0.2, 0.25) is 10.0 Å². The van der Waals surface area contributed by atoms with Crippen LogP contribution in [-0.2, 0) is 9.53 Å². The minimum Gasteiger partial charge on any atom is -0.452 e. The van der Waals surface area contributed by atoms with E-state index in [0.29, 0.717) is 5.69 Å². The molecule has 0 atom stereocenters. The van der Waals surface area contributed by atoms with E-state index < -0.39 is 18.5 Å². The van der Waals surface area contributed by atoms with E-state index in [9.17, 15) is 9.59 Å². The summed E-state index contributed by atoms with van der Waals surface area (Å²) < 4.78 is 4.93. The maximum absolute atomic E-state index is 11.9. The highest BCUT2D eigenvalue weighted by Crippen LogP contribution is 2.25. The number of carbonyl (C=O) groups is 2. The lowest BCUT2D eigenvalue weighted by atomic mass is 10.2. The first-order chi connectivity index (χ1) is 10.5. The van der Waals surface area contributed by atoms with Crippen molar-refractivity contribution in [2.45, 2.75) is 6.92 Å². The average Bonchev–Trinajstić information content (AvgIpc) is 2.47. The molecule has 2 rings (SSSR count). The highest BCUT2D eigenvalue weighted by Gasteiger charge is 2.15. The number of ether oxygens (including phenoxy) is 1. The van der Waals surface area contributed by atoms with Crippen molar-refractivity contribution >= 4 is 40.8 Å². The van der Waals surface area contributed by atoms with Crippen molar-refractivity contribution in [3.63, 3.8) is 0 Å². The maximum atomic E-state index is 11.9. The van der Waals surface area contributed by atoms with E-state index in [1.807, 2.05) is 25.1 Å². The molecule has 2 aromatic carbocycles. The van der Waals surface area contributed by atoms with Gasteiger partial charge in [-0.25, -0.2) is 4.79 Å². The molecule has 0 unspecified atom stereocenters. The van der Waals surface area contributed by atoms with Gasteiger partial charge in [-0.15, -0.1) is 0 Å². The topological polar surface area (TPSA) is 55.4 Å². The Morgan fingerprint density at radius 3 is 2.59 bits per heavy atom. The number of carbonyl (C=O) groups excluding carboxylic acids is 2. The molecule has 1 amide bonds. The molecule has 0 bridgehead atoms. The highest BCUT2D eigenvalue weighted by molar-refractivity contribution is 6.43. The highest BCUT2D eigenvalue weighted by atomic mass is 35.5. The molecule has 0 aliphatic rings. The molecule has 4 nitrogen and oxygen atoms in total. The molecule has 6 heteroatoms. The lowest BCUT2D eigenvalue weighted by Crippen LogP contribution is -2.21. The fraction of sp³-hybridized carbons (Fsp3) is 0.125. The van der Waals surface area contributed by atoms with Crippen molar-refractivity contribution in [1.29, 1.82) is 0 Å². The molecular formula is C16H13Cl2NO3. The van der Waals surface area contributed by atoms with Gasteiger partial charge in [0.1, 0.15) is 0 Å². The molecule has 114 valence electrons. The minimum atomic E-state index is -0.702. The zero-order valence-electron chi connectivity index (χ0n) is 11.7. The van der Waals surface area contributed by atoms with Crippen molar-refractivity contribution in [2.75, 3.05) is 11.9 Å². The number of anilines is 1. The van der Waals surface area contributed by atoms with Crippen LogP contribution in [0.25, 0.3) is 0 Å². The first-order valence-electron chi connectivity index (χ1n) is 6.45. The van der Waals surface area contributed by atoms with E-state index in [2.05, 4.69) is 5.32 Å².